The summed E-state index contributed by atoms with van der Waals surface area (Å²) in [6.07, 6.45) is 1.54. The van der Waals surface area contributed by atoms with E-state index in [1.807, 2.05) is 25.8 Å². The summed E-state index contributed by atoms with van der Waals surface area (Å²) in [6.45, 7) is 4.83. The summed E-state index contributed by atoms with van der Waals surface area (Å²) in [5.41, 5.74) is 0.306. The number of aliphatic imine (C=N–C) groups is 1. The van der Waals surface area contributed by atoms with Crippen LogP contribution >= 0.6 is 0 Å². The molecule has 0 radical (unpaired) electrons. The average molecular weight is 281 g/mol. The number of aromatic nitrogens is 1. The van der Waals surface area contributed by atoms with Crippen LogP contribution in [0.2, 0.25) is 0 Å². The van der Waals surface area contributed by atoms with Crippen molar-refractivity contribution in [1.29, 1.82) is 0 Å². The second-order valence-corrected chi connectivity index (χ2v) is 5.21. The third-order valence-corrected chi connectivity index (χ3v) is 2.99. The molecule has 112 valence electrons. The molecule has 0 spiro atoms. The molecule has 0 atom stereocenters. The van der Waals surface area contributed by atoms with Gasteiger partial charge in [-0.25, -0.2) is 0 Å². The van der Waals surface area contributed by atoms with Gasteiger partial charge >= 0.3 is 0 Å². The number of amides is 1. The van der Waals surface area contributed by atoms with Crippen LogP contribution in [0.25, 0.3) is 0 Å². The van der Waals surface area contributed by atoms with Gasteiger partial charge in [-0.05, 0) is 13.8 Å². The zero-order chi connectivity index (χ0) is 15.2. The van der Waals surface area contributed by atoms with Crippen LogP contribution in [0.4, 0.5) is 0 Å². The minimum atomic E-state index is -0.514. The molecule has 0 bridgehead atoms. The highest BCUT2D eigenvalue weighted by molar-refractivity contribution is 5.84. The average Bonchev–Trinajstić information content (AvgIpc) is 2.91. The Morgan fingerprint density at radius 2 is 2.25 bits per heavy atom. The van der Waals surface area contributed by atoms with E-state index in [1.54, 1.807) is 20.2 Å². The predicted octanol–water partition coefficient (Wildman–Crippen LogP) is 0.454. The lowest BCUT2D eigenvalue weighted by molar-refractivity contribution is -0.128. The van der Waals surface area contributed by atoms with Gasteiger partial charge in [-0.1, -0.05) is 5.16 Å². The van der Waals surface area contributed by atoms with Crippen molar-refractivity contribution in [2.24, 2.45) is 10.4 Å². The van der Waals surface area contributed by atoms with E-state index in [2.05, 4.69) is 20.8 Å². The summed E-state index contributed by atoms with van der Waals surface area (Å²) in [5, 5.41) is 9.71. The summed E-state index contributed by atoms with van der Waals surface area (Å²) >= 11 is 0. The van der Waals surface area contributed by atoms with Crippen molar-refractivity contribution in [2.45, 2.75) is 20.4 Å². The molecular weight excluding hydrogens is 258 g/mol. The molecule has 1 rings (SSSR count). The van der Waals surface area contributed by atoms with E-state index >= 15 is 0 Å². The van der Waals surface area contributed by atoms with Crippen LogP contribution in [-0.4, -0.2) is 49.6 Å². The Balaban J connectivity index is 2.57. The lowest BCUT2D eigenvalue weighted by Gasteiger charge is -2.27. The lowest BCUT2D eigenvalue weighted by Crippen LogP contribution is -2.47. The fraction of sp³-hybridized carbons (Fsp3) is 0.615. The third-order valence-electron chi connectivity index (χ3n) is 2.99. The maximum atomic E-state index is 11.7. The Bertz CT molecular complexity index is 453. The molecule has 0 saturated carbocycles. The smallest absolute Gasteiger partial charge is 0.227 e. The topological polar surface area (TPSA) is 82.8 Å². The molecule has 0 unspecified atom stereocenters. The molecule has 1 aromatic heterocycles. The fourth-order valence-electron chi connectivity index (χ4n) is 1.74. The van der Waals surface area contributed by atoms with Crippen molar-refractivity contribution in [3.05, 3.63) is 18.0 Å². The van der Waals surface area contributed by atoms with Crippen LogP contribution in [-0.2, 0) is 11.3 Å². The predicted molar refractivity (Wildman–Crippen MR) is 77.2 cm³/mol. The lowest BCUT2D eigenvalue weighted by atomic mass is 9.92. The highest BCUT2D eigenvalue weighted by Crippen LogP contribution is 2.13. The standard InChI is InChI=1S/C13H23N5O2/c1-13(2,11(19)14-3)9-16-12(15-4)18(5)8-10-6-7-20-17-10/h6-7H,8-9H2,1-5H3,(H,14,19)(H,15,16). The van der Waals surface area contributed by atoms with E-state index in [1.165, 1.54) is 6.26 Å². The first-order valence-corrected chi connectivity index (χ1v) is 6.44. The molecule has 0 aromatic carbocycles. The molecule has 0 aliphatic heterocycles. The van der Waals surface area contributed by atoms with Gasteiger partial charge in [0.15, 0.2) is 5.96 Å². The monoisotopic (exact) mass is 281 g/mol. The molecule has 7 nitrogen and oxygen atoms in total. The van der Waals surface area contributed by atoms with E-state index in [0.717, 1.165) is 5.69 Å². The molecule has 20 heavy (non-hydrogen) atoms. The Labute approximate surface area is 119 Å². The minimum Gasteiger partial charge on any atom is -0.364 e. The fourth-order valence-corrected chi connectivity index (χ4v) is 1.74. The number of nitrogens with one attached hydrogen (secondary N) is 2. The Kier molecular flexibility index (Phi) is 5.54. The van der Waals surface area contributed by atoms with Crippen LogP contribution in [0.15, 0.2) is 21.8 Å². The van der Waals surface area contributed by atoms with Crippen LogP contribution < -0.4 is 10.6 Å². The number of guanidine groups is 1. The molecule has 1 aromatic rings. The number of rotatable bonds is 5. The van der Waals surface area contributed by atoms with Crippen molar-refractivity contribution < 1.29 is 9.32 Å². The van der Waals surface area contributed by atoms with Crippen LogP contribution in [0.3, 0.4) is 0 Å². The molecule has 2 N–H and O–H groups in total. The van der Waals surface area contributed by atoms with Crippen LogP contribution in [0, 0.1) is 5.41 Å². The number of hydrogen-bond acceptors (Lipinski definition) is 4. The highest BCUT2D eigenvalue weighted by atomic mass is 16.5. The van der Waals surface area contributed by atoms with Gasteiger partial charge in [-0.2, -0.15) is 0 Å². The van der Waals surface area contributed by atoms with Gasteiger partial charge in [0.05, 0.1) is 12.0 Å². The molecular formula is C13H23N5O2. The molecule has 0 aliphatic rings. The van der Waals surface area contributed by atoms with Gasteiger partial charge in [0.1, 0.15) is 12.0 Å². The first kappa shape index (κ1) is 16.0. The van der Waals surface area contributed by atoms with E-state index in [0.29, 0.717) is 19.0 Å². The number of carbonyl (C=O) groups is 1. The van der Waals surface area contributed by atoms with E-state index < -0.39 is 5.41 Å². The minimum absolute atomic E-state index is 0.0143. The zero-order valence-electron chi connectivity index (χ0n) is 12.7. The van der Waals surface area contributed by atoms with Crippen LogP contribution in [0.5, 0.6) is 0 Å². The molecule has 0 aliphatic carbocycles. The number of hydrogen-bond donors (Lipinski definition) is 2. The van der Waals surface area contributed by atoms with Gasteiger partial charge in [0, 0.05) is 33.8 Å². The third kappa shape index (κ3) is 4.25. The Hall–Kier alpha value is -2.05. The van der Waals surface area contributed by atoms with Crippen molar-refractivity contribution in [3.8, 4) is 0 Å². The van der Waals surface area contributed by atoms with Gasteiger partial charge in [-0.15, -0.1) is 0 Å². The van der Waals surface area contributed by atoms with E-state index in [-0.39, 0.29) is 5.91 Å². The Morgan fingerprint density at radius 1 is 1.55 bits per heavy atom. The summed E-state index contributed by atoms with van der Waals surface area (Å²) in [5.74, 6) is 0.685. The van der Waals surface area contributed by atoms with Crippen molar-refractivity contribution in [1.82, 2.24) is 20.7 Å². The Morgan fingerprint density at radius 3 is 2.75 bits per heavy atom. The molecule has 1 amide bonds. The number of carbonyl (C=O) groups excluding carboxylic acids is 1. The van der Waals surface area contributed by atoms with Gasteiger partial charge < -0.3 is 20.1 Å². The van der Waals surface area contributed by atoms with Crippen LogP contribution in [0.1, 0.15) is 19.5 Å². The van der Waals surface area contributed by atoms with Crippen molar-refractivity contribution in [2.75, 3.05) is 27.7 Å². The molecule has 0 fully saturated rings. The summed E-state index contributed by atoms with van der Waals surface area (Å²) in [4.78, 5) is 17.8. The van der Waals surface area contributed by atoms with Gasteiger partial charge in [0.25, 0.3) is 0 Å². The quantitative estimate of drug-likeness (QED) is 0.605. The maximum Gasteiger partial charge on any atom is 0.227 e. The second-order valence-electron chi connectivity index (χ2n) is 5.21. The highest BCUT2D eigenvalue weighted by Gasteiger charge is 2.27. The molecule has 0 saturated heterocycles. The summed E-state index contributed by atoms with van der Waals surface area (Å²) < 4.78 is 4.80. The normalized spacial score (nSPS) is 12.2. The van der Waals surface area contributed by atoms with E-state index in [9.17, 15) is 4.79 Å². The SMILES string of the molecule is CN=C(NCC(C)(C)C(=O)NC)N(C)Cc1ccon1. The zero-order valence-corrected chi connectivity index (χ0v) is 12.7. The second kappa shape index (κ2) is 6.93. The maximum absolute atomic E-state index is 11.7. The summed E-state index contributed by atoms with van der Waals surface area (Å²) in [7, 11) is 5.24. The first-order chi connectivity index (χ1) is 9.40. The largest absolute Gasteiger partial charge is 0.364 e. The summed E-state index contributed by atoms with van der Waals surface area (Å²) in [6, 6.07) is 1.80. The molecule has 7 heteroatoms. The first-order valence-electron chi connectivity index (χ1n) is 6.44. The van der Waals surface area contributed by atoms with E-state index in [4.69, 9.17) is 4.52 Å². The van der Waals surface area contributed by atoms with Crippen molar-refractivity contribution in [3.63, 3.8) is 0 Å². The van der Waals surface area contributed by atoms with Gasteiger partial charge in [0.2, 0.25) is 5.91 Å². The molecule has 1 heterocycles. The van der Waals surface area contributed by atoms with Gasteiger partial charge in [-0.3, -0.25) is 9.79 Å². The number of nitrogens with zero attached hydrogens (tertiary/aromatic N) is 3. The van der Waals surface area contributed by atoms with Crippen molar-refractivity contribution >= 4 is 11.9 Å².